The molecular formula is C15H23NO2. The van der Waals surface area contributed by atoms with Gasteiger partial charge in [-0.05, 0) is 49.9 Å². The summed E-state index contributed by atoms with van der Waals surface area (Å²) in [5.41, 5.74) is 0.940. The van der Waals surface area contributed by atoms with E-state index in [1.807, 2.05) is 31.2 Å². The van der Waals surface area contributed by atoms with Crippen LogP contribution < -0.4 is 10.1 Å². The number of ether oxygens (including phenoxy) is 1. The van der Waals surface area contributed by atoms with E-state index in [4.69, 9.17) is 4.74 Å². The third-order valence-corrected chi connectivity index (χ3v) is 3.46. The Hall–Kier alpha value is -1.06. The zero-order valence-electron chi connectivity index (χ0n) is 11.1. The predicted octanol–water partition coefficient (Wildman–Crippen LogP) is 2.65. The van der Waals surface area contributed by atoms with Gasteiger partial charge in [0.2, 0.25) is 0 Å². The van der Waals surface area contributed by atoms with Gasteiger partial charge in [-0.25, -0.2) is 0 Å². The number of likely N-dealkylation sites (N-methyl/N-ethyl adjacent to an activating group) is 1. The summed E-state index contributed by atoms with van der Waals surface area (Å²) in [4.78, 5) is 0. The van der Waals surface area contributed by atoms with Crippen LogP contribution in [0.1, 0.15) is 44.3 Å². The number of rotatable bonds is 6. The summed E-state index contributed by atoms with van der Waals surface area (Å²) in [6.45, 7) is 3.50. The summed E-state index contributed by atoms with van der Waals surface area (Å²) in [6, 6.07) is 7.82. The largest absolute Gasteiger partial charge is 0.490 e. The van der Waals surface area contributed by atoms with Crippen molar-refractivity contribution in [2.24, 2.45) is 0 Å². The molecule has 18 heavy (non-hydrogen) atoms. The van der Waals surface area contributed by atoms with E-state index in [0.29, 0.717) is 12.6 Å². The van der Waals surface area contributed by atoms with Crippen molar-refractivity contribution in [2.75, 3.05) is 13.1 Å². The number of aliphatic hydroxyl groups is 1. The fourth-order valence-corrected chi connectivity index (χ4v) is 2.37. The molecule has 1 aliphatic carbocycles. The first-order valence-corrected chi connectivity index (χ1v) is 6.95. The first-order valence-electron chi connectivity index (χ1n) is 6.95. The minimum absolute atomic E-state index is 0.391. The van der Waals surface area contributed by atoms with Crippen LogP contribution in [0.4, 0.5) is 0 Å². The molecule has 1 aromatic carbocycles. The molecule has 2 rings (SSSR count). The van der Waals surface area contributed by atoms with Crippen molar-refractivity contribution in [3.05, 3.63) is 29.8 Å². The lowest BCUT2D eigenvalue weighted by Crippen LogP contribution is -2.20. The number of hydrogen-bond acceptors (Lipinski definition) is 3. The Bertz CT molecular complexity index is 344. The summed E-state index contributed by atoms with van der Waals surface area (Å²) in [5, 5.41) is 13.1. The van der Waals surface area contributed by atoms with Crippen molar-refractivity contribution in [2.45, 2.75) is 44.8 Å². The molecule has 0 spiro atoms. The molecule has 0 radical (unpaired) electrons. The lowest BCUT2D eigenvalue weighted by Gasteiger charge is -2.15. The highest BCUT2D eigenvalue weighted by molar-refractivity contribution is 5.28. The molecule has 1 fully saturated rings. The Morgan fingerprint density at radius 1 is 1.28 bits per heavy atom. The van der Waals surface area contributed by atoms with E-state index in [2.05, 4.69) is 5.32 Å². The molecule has 2 N–H and O–H groups in total. The normalized spacial score (nSPS) is 17.9. The Morgan fingerprint density at radius 2 is 1.94 bits per heavy atom. The van der Waals surface area contributed by atoms with Crippen molar-refractivity contribution in [3.63, 3.8) is 0 Å². The molecule has 1 saturated carbocycles. The molecule has 0 amide bonds. The van der Waals surface area contributed by atoms with Crippen molar-refractivity contribution in [1.29, 1.82) is 0 Å². The van der Waals surface area contributed by atoms with E-state index < -0.39 is 6.10 Å². The standard InChI is InChI=1S/C15H23NO2/c1-2-16-11-15(17)12-7-9-14(10-8-12)18-13-5-3-4-6-13/h7-10,13,15-17H,2-6,11H2,1H3. The van der Waals surface area contributed by atoms with Crippen LogP contribution in [-0.2, 0) is 0 Å². The van der Waals surface area contributed by atoms with E-state index in [1.54, 1.807) is 0 Å². The molecular weight excluding hydrogens is 226 g/mol. The molecule has 0 aromatic heterocycles. The van der Waals surface area contributed by atoms with Crippen LogP contribution in [0.5, 0.6) is 5.75 Å². The molecule has 0 heterocycles. The van der Waals surface area contributed by atoms with Gasteiger partial charge in [-0.1, -0.05) is 19.1 Å². The molecule has 1 unspecified atom stereocenters. The van der Waals surface area contributed by atoms with Crippen LogP contribution in [0.3, 0.4) is 0 Å². The number of hydrogen-bond donors (Lipinski definition) is 2. The SMILES string of the molecule is CCNCC(O)c1ccc(OC2CCCC2)cc1. The summed E-state index contributed by atoms with van der Waals surface area (Å²) < 4.78 is 5.89. The molecule has 0 aliphatic heterocycles. The highest BCUT2D eigenvalue weighted by Gasteiger charge is 2.16. The van der Waals surface area contributed by atoms with Gasteiger partial charge in [0.05, 0.1) is 12.2 Å². The van der Waals surface area contributed by atoms with Gasteiger partial charge in [-0.2, -0.15) is 0 Å². The second-order valence-electron chi connectivity index (χ2n) is 4.92. The Labute approximate surface area is 109 Å². The van der Waals surface area contributed by atoms with Crippen molar-refractivity contribution >= 4 is 0 Å². The van der Waals surface area contributed by atoms with E-state index in [-0.39, 0.29) is 0 Å². The van der Waals surface area contributed by atoms with E-state index in [0.717, 1.165) is 17.9 Å². The van der Waals surface area contributed by atoms with E-state index >= 15 is 0 Å². The lowest BCUT2D eigenvalue weighted by molar-refractivity contribution is 0.175. The zero-order chi connectivity index (χ0) is 12.8. The third-order valence-electron chi connectivity index (χ3n) is 3.46. The van der Waals surface area contributed by atoms with Crippen molar-refractivity contribution < 1.29 is 9.84 Å². The van der Waals surface area contributed by atoms with Gasteiger partial charge in [0.1, 0.15) is 5.75 Å². The monoisotopic (exact) mass is 249 g/mol. The van der Waals surface area contributed by atoms with Gasteiger partial charge in [-0.3, -0.25) is 0 Å². The maximum absolute atomic E-state index is 9.92. The van der Waals surface area contributed by atoms with E-state index in [1.165, 1.54) is 25.7 Å². The van der Waals surface area contributed by atoms with Gasteiger partial charge in [0.25, 0.3) is 0 Å². The van der Waals surface area contributed by atoms with Gasteiger partial charge in [0.15, 0.2) is 0 Å². The van der Waals surface area contributed by atoms with Gasteiger partial charge in [-0.15, -0.1) is 0 Å². The van der Waals surface area contributed by atoms with Crippen molar-refractivity contribution in [3.8, 4) is 5.75 Å². The van der Waals surface area contributed by atoms with Crippen LogP contribution in [0, 0.1) is 0 Å². The Kier molecular flexibility index (Phi) is 5.02. The quantitative estimate of drug-likeness (QED) is 0.814. The summed E-state index contributed by atoms with van der Waals surface area (Å²) in [6.07, 6.45) is 4.86. The minimum atomic E-state index is -0.439. The second kappa shape index (κ2) is 6.76. The van der Waals surface area contributed by atoms with Gasteiger partial charge >= 0.3 is 0 Å². The maximum atomic E-state index is 9.92. The van der Waals surface area contributed by atoms with Gasteiger partial charge in [0, 0.05) is 6.54 Å². The van der Waals surface area contributed by atoms with Crippen LogP contribution in [-0.4, -0.2) is 24.3 Å². The molecule has 1 atom stereocenters. The molecule has 100 valence electrons. The fourth-order valence-electron chi connectivity index (χ4n) is 2.37. The first kappa shape index (κ1) is 13.4. The van der Waals surface area contributed by atoms with Crippen LogP contribution in [0.15, 0.2) is 24.3 Å². The summed E-state index contributed by atoms with van der Waals surface area (Å²) >= 11 is 0. The van der Waals surface area contributed by atoms with Gasteiger partial charge < -0.3 is 15.2 Å². The zero-order valence-corrected chi connectivity index (χ0v) is 11.1. The summed E-state index contributed by atoms with van der Waals surface area (Å²) in [5.74, 6) is 0.918. The number of benzene rings is 1. The molecule has 3 nitrogen and oxygen atoms in total. The molecule has 1 aliphatic rings. The highest BCUT2D eigenvalue weighted by Crippen LogP contribution is 2.25. The Morgan fingerprint density at radius 3 is 2.56 bits per heavy atom. The van der Waals surface area contributed by atoms with Crippen molar-refractivity contribution in [1.82, 2.24) is 5.32 Å². The Balaban J connectivity index is 1.88. The molecule has 0 saturated heterocycles. The average Bonchev–Trinajstić information content (AvgIpc) is 2.89. The molecule has 1 aromatic rings. The number of aliphatic hydroxyl groups excluding tert-OH is 1. The minimum Gasteiger partial charge on any atom is -0.490 e. The predicted molar refractivity (Wildman–Crippen MR) is 72.8 cm³/mol. The topological polar surface area (TPSA) is 41.5 Å². The average molecular weight is 249 g/mol. The maximum Gasteiger partial charge on any atom is 0.119 e. The first-order chi connectivity index (χ1) is 8.79. The lowest BCUT2D eigenvalue weighted by atomic mass is 10.1. The summed E-state index contributed by atoms with van der Waals surface area (Å²) in [7, 11) is 0. The fraction of sp³-hybridized carbons (Fsp3) is 0.600. The molecule has 0 bridgehead atoms. The van der Waals surface area contributed by atoms with Crippen LogP contribution in [0.25, 0.3) is 0 Å². The third kappa shape index (κ3) is 3.72. The van der Waals surface area contributed by atoms with E-state index in [9.17, 15) is 5.11 Å². The van der Waals surface area contributed by atoms with Crippen LogP contribution >= 0.6 is 0 Å². The van der Waals surface area contributed by atoms with Crippen LogP contribution in [0.2, 0.25) is 0 Å². The second-order valence-corrected chi connectivity index (χ2v) is 4.92. The number of nitrogens with one attached hydrogen (secondary N) is 1. The molecule has 3 heteroatoms. The highest BCUT2D eigenvalue weighted by atomic mass is 16.5. The smallest absolute Gasteiger partial charge is 0.119 e.